The summed E-state index contributed by atoms with van der Waals surface area (Å²) < 4.78 is 29.7. The van der Waals surface area contributed by atoms with Crippen molar-refractivity contribution in [2.45, 2.75) is 37.1 Å². The Balaban J connectivity index is 1.64. The number of aliphatic hydroxyl groups excluding tert-OH is 3. The maximum atomic E-state index is 12.7. The van der Waals surface area contributed by atoms with E-state index in [1.54, 1.807) is 6.08 Å². The van der Waals surface area contributed by atoms with E-state index in [2.05, 4.69) is 15.0 Å². The molecule has 1 unspecified atom stereocenters. The number of rotatable bonds is 4. The number of nitrogens with two attached hydrogens (primary N) is 1. The molecule has 158 valence electrons. The van der Waals surface area contributed by atoms with Crippen molar-refractivity contribution >= 4 is 37.9 Å². The molecule has 30 heavy (non-hydrogen) atoms. The Kier molecular flexibility index (Phi) is 5.21. The first-order valence-electron chi connectivity index (χ1n) is 8.80. The minimum Gasteiger partial charge on any atom is -0.387 e. The Labute approximate surface area is 170 Å². The zero-order chi connectivity index (χ0) is 21.6. The predicted molar refractivity (Wildman–Crippen MR) is 102 cm³/mol. The Hall–Kier alpha value is -2.97. The van der Waals surface area contributed by atoms with Crippen molar-refractivity contribution in [3.8, 4) is 0 Å². The largest absolute Gasteiger partial charge is 0.387 e. The Morgan fingerprint density at radius 2 is 2.03 bits per heavy atom. The number of Topliss-reactive ketones (excluding diaryl/α,β-unsaturated/α-hetero) is 1. The zero-order valence-electron chi connectivity index (χ0n) is 15.2. The maximum Gasteiger partial charge on any atom is 0.218 e. The normalized spacial score (nSPS) is 27.3. The number of fused-ring (bicyclic) bond motifs is 1. The number of anilines is 1. The third-order valence-corrected chi connectivity index (χ3v) is 5.77. The molecule has 1 saturated heterocycles. The van der Waals surface area contributed by atoms with E-state index in [0.29, 0.717) is 0 Å². The van der Waals surface area contributed by atoms with E-state index in [0.717, 1.165) is 0 Å². The zero-order valence-corrected chi connectivity index (χ0v) is 16.0. The number of hydrogen-bond acceptors (Lipinski definition) is 11. The van der Waals surface area contributed by atoms with Gasteiger partial charge in [-0.3, -0.25) is 9.36 Å². The molecule has 13 heteroatoms. The first kappa shape index (κ1) is 20.3. The summed E-state index contributed by atoms with van der Waals surface area (Å²) in [6, 6.07) is 0. The fourth-order valence-corrected chi connectivity index (χ4v) is 4.04. The van der Waals surface area contributed by atoms with Crippen molar-refractivity contribution in [1.82, 2.24) is 19.5 Å². The average molecular weight is 435 g/mol. The van der Waals surface area contributed by atoms with E-state index in [-0.39, 0.29) is 33.8 Å². The van der Waals surface area contributed by atoms with Gasteiger partial charge >= 0.3 is 0 Å². The van der Waals surface area contributed by atoms with Gasteiger partial charge in [0, 0.05) is 12.0 Å². The van der Waals surface area contributed by atoms with Crippen LogP contribution in [0.3, 0.4) is 0 Å². The molecular weight excluding hydrogens is 418 g/mol. The summed E-state index contributed by atoms with van der Waals surface area (Å²) in [7, 11) is -2.66. The van der Waals surface area contributed by atoms with Crippen molar-refractivity contribution in [2.24, 2.45) is 0 Å². The first-order chi connectivity index (χ1) is 14.3. The number of nitrogens with zero attached hydrogens (tertiary/aromatic N) is 4. The van der Waals surface area contributed by atoms with Gasteiger partial charge in [-0.25, -0.2) is 15.0 Å². The summed E-state index contributed by atoms with van der Waals surface area (Å²) in [5.41, 5.74) is 6.00. The van der Waals surface area contributed by atoms with E-state index >= 15 is 0 Å². The van der Waals surface area contributed by atoms with Crippen LogP contribution in [0.25, 0.3) is 11.2 Å². The number of carbonyl (C=O) groups is 1. The van der Waals surface area contributed by atoms with Gasteiger partial charge in [-0.2, -0.15) is 8.42 Å². The summed E-state index contributed by atoms with van der Waals surface area (Å²) in [5.74, 6) is -0.845. The van der Waals surface area contributed by atoms with Crippen LogP contribution in [0.4, 0.5) is 5.82 Å². The minimum absolute atomic E-state index is 0.00187. The molecule has 0 amide bonds. The molecule has 0 bridgehead atoms. The molecule has 5 atom stereocenters. The number of imidazole rings is 1. The monoisotopic (exact) mass is 435 g/mol. The smallest absolute Gasteiger partial charge is 0.218 e. The van der Waals surface area contributed by atoms with Crippen LogP contribution in [-0.2, 0) is 19.8 Å². The van der Waals surface area contributed by atoms with Crippen LogP contribution >= 0.6 is 0 Å². The standard InChI is InChI=1S/C17H17N5O7S/c18-15-9-16(20-5-19-15)22(6-21-9)17-13(26)12(25)14(29-17)11(24)10(23)7-3-1-2-4-8(7)30(27)28/h1-3,5-6,11-14,17,24-26H,4H2,(H2,18,19,20)/t11?,12-,13+,14+,17+/m0/s1. The van der Waals surface area contributed by atoms with Gasteiger partial charge in [0.2, 0.25) is 10.3 Å². The van der Waals surface area contributed by atoms with Crippen LogP contribution in [0.1, 0.15) is 12.6 Å². The van der Waals surface area contributed by atoms with Gasteiger partial charge in [0.25, 0.3) is 0 Å². The molecule has 2 aromatic rings. The third-order valence-electron chi connectivity index (χ3n) is 4.99. The molecule has 0 saturated carbocycles. The second kappa shape index (κ2) is 7.70. The lowest BCUT2D eigenvalue weighted by Crippen LogP contribution is -2.44. The molecule has 1 aliphatic carbocycles. The SMILES string of the molecule is Nc1ncnc2c1ncn2[C@@H]1O[C@H](C(O)C(=O)C2=CC=CCC2=S(=O)=O)[C@@H](O)[C@H]1O. The van der Waals surface area contributed by atoms with Gasteiger partial charge in [-0.05, 0) is 0 Å². The number of ether oxygens (including phenoxy) is 1. The van der Waals surface area contributed by atoms with Gasteiger partial charge in [0.15, 0.2) is 23.5 Å². The van der Waals surface area contributed by atoms with Crippen molar-refractivity contribution in [3.63, 3.8) is 0 Å². The molecule has 4 rings (SSSR count). The van der Waals surface area contributed by atoms with Crippen molar-refractivity contribution in [3.05, 3.63) is 36.5 Å². The molecule has 2 aliphatic rings. The van der Waals surface area contributed by atoms with Crippen LogP contribution in [0.5, 0.6) is 0 Å². The van der Waals surface area contributed by atoms with E-state index < -0.39 is 46.7 Å². The van der Waals surface area contributed by atoms with Crippen molar-refractivity contribution in [1.29, 1.82) is 0 Å². The number of nitrogen functional groups attached to an aromatic ring is 1. The number of aromatic nitrogens is 4. The second-order valence-electron chi connectivity index (χ2n) is 6.73. The molecule has 3 heterocycles. The highest BCUT2D eigenvalue weighted by Gasteiger charge is 2.49. The molecule has 5 N–H and O–H groups in total. The topological polar surface area (TPSA) is 191 Å². The van der Waals surface area contributed by atoms with Crippen LogP contribution in [0.15, 0.2) is 36.5 Å². The summed E-state index contributed by atoms with van der Waals surface area (Å²) in [5, 5.41) is 31.4. The number of ketones is 1. The Morgan fingerprint density at radius 3 is 2.77 bits per heavy atom. The van der Waals surface area contributed by atoms with Gasteiger partial charge in [0.1, 0.15) is 36.3 Å². The van der Waals surface area contributed by atoms with E-state index in [1.165, 1.54) is 29.4 Å². The Morgan fingerprint density at radius 1 is 1.27 bits per heavy atom. The number of allylic oxidation sites excluding steroid dienone is 3. The third kappa shape index (κ3) is 3.22. The van der Waals surface area contributed by atoms with Gasteiger partial charge in [0.05, 0.1) is 11.2 Å². The summed E-state index contributed by atoms with van der Waals surface area (Å²) >= 11 is 0. The highest BCUT2D eigenvalue weighted by Crippen LogP contribution is 2.34. The summed E-state index contributed by atoms with van der Waals surface area (Å²) in [6.07, 6.45) is -1.11. The Bertz CT molecular complexity index is 1210. The highest BCUT2D eigenvalue weighted by molar-refractivity contribution is 7.73. The van der Waals surface area contributed by atoms with Gasteiger partial charge in [-0.15, -0.1) is 0 Å². The van der Waals surface area contributed by atoms with Crippen LogP contribution in [0.2, 0.25) is 0 Å². The van der Waals surface area contributed by atoms with E-state index in [9.17, 15) is 28.5 Å². The quantitative estimate of drug-likeness (QED) is 0.385. The highest BCUT2D eigenvalue weighted by atomic mass is 32.2. The van der Waals surface area contributed by atoms with Gasteiger partial charge < -0.3 is 25.8 Å². The average Bonchev–Trinajstić information content (AvgIpc) is 3.29. The molecule has 0 aromatic carbocycles. The minimum atomic E-state index is -2.66. The number of aliphatic hydroxyl groups is 3. The van der Waals surface area contributed by atoms with Crippen LogP contribution in [0, 0.1) is 0 Å². The lowest BCUT2D eigenvalue weighted by atomic mass is 9.93. The predicted octanol–water partition coefficient (Wildman–Crippen LogP) is -2.10. The fraction of sp³-hybridized carbons (Fsp3) is 0.353. The molecule has 0 radical (unpaired) electrons. The fourth-order valence-electron chi connectivity index (χ4n) is 3.46. The lowest BCUT2D eigenvalue weighted by Gasteiger charge is -2.21. The summed E-state index contributed by atoms with van der Waals surface area (Å²) in [6.45, 7) is 0. The first-order valence-corrected chi connectivity index (χ1v) is 9.88. The van der Waals surface area contributed by atoms with Crippen LogP contribution < -0.4 is 5.73 Å². The molecule has 1 fully saturated rings. The van der Waals surface area contributed by atoms with Crippen molar-refractivity contribution in [2.75, 3.05) is 5.73 Å². The lowest BCUT2D eigenvalue weighted by molar-refractivity contribution is -0.137. The molecule has 12 nitrogen and oxygen atoms in total. The second-order valence-corrected chi connectivity index (χ2v) is 7.70. The van der Waals surface area contributed by atoms with Crippen LogP contribution in [-0.4, -0.2) is 78.3 Å². The van der Waals surface area contributed by atoms with E-state index in [1.807, 2.05) is 0 Å². The molecular formula is C17H17N5O7S. The maximum absolute atomic E-state index is 12.7. The number of carbonyl (C=O) groups excluding carboxylic acids is 1. The van der Waals surface area contributed by atoms with Crippen molar-refractivity contribution < 1.29 is 33.3 Å². The molecule has 2 aromatic heterocycles. The van der Waals surface area contributed by atoms with E-state index in [4.69, 9.17) is 10.5 Å². The molecule has 1 aliphatic heterocycles. The van der Waals surface area contributed by atoms with Gasteiger partial charge in [-0.1, -0.05) is 18.2 Å². The summed E-state index contributed by atoms with van der Waals surface area (Å²) in [4.78, 5) is 24.4. The number of hydrogen-bond donors (Lipinski definition) is 4. The molecule has 0 spiro atoms.